The zero-order valence-corrected chi connectivity index (χ0v) is 13.7. The molecule has 0 saturated heterocycles. The van der Waals surface area contributed by atoms with Crippen LogP contribution in [0.1, 0.15) is 33.7 Å². The van der Waals surface area contributed by atoms with E-state index in [0.717, 1.165) is 10.6 Å². The third-order valence-corrected chi connectivity index (χ3v) is 4.43. The van der Waals surface area contributed by atoms with Crippen molar-refractivity contribution < 1.29 is 14.1 Å². The number of rotatable bonds is 3. The van der Waals surface area contributed by atoms with Gasteiger partial charge >= 0.3 is 6.03 Å². The number of amides is 3. The molecule has 0 unspecified atom stereocenters. The molecule has 0 aliphatic carbocycles. The molecule has 3 amide bonds. The molecule has 122 valence electrons. The first kappa shape index (κ1) is 15.5. The minimum absolute atomic E-state index is 0.0739. The molecule has 23 heavy (non-hydrogen) atoms. The standard InChI is InChI=1S/C14H17N5O3S/c1-3-15-14(21)19-5-4-9-11(7-19)23-13(16-9)17-12(20)10-6-8(2)22-18-10/h6H,3-5,7H2,1-2H3,(H,15,21)(H,16,17,20). The summed E-state index contributed by atoms with van der Waals surface area (Å²) in [5, 5.41) is 9.71. The van der Waals surface area contributed by atoms with Gasteiger partial charge in [-0.3, -0.25) is 10.1 Å². The number of hydrogen-bond acceptors (Lipinski definition) is 6. The van der Waals surface area contributed by atoms with Crippen molar-refractivity contribution in [2.24, 2.45) is 0 Å². The van der Waals surface area contributed by atoms with Gasteiger partial charge in [-0.15, -0.1) is 0 Å². The van der Waals surface area contributed by atoms with Gasteiger partial charge in [0, 0.05) is 30.5 Å². The average molecular weight is 335 g/mol. The van der Waals surface area contributed by atoms with Crippen LogP contribution in [0.2, 0.25) is 0 Å². The van der Waals surface area contributed by atoms with Gasteiger partial charge in [0.25, 0.3) is 5.91 Å². The van der Waals surface area contributed by atoms with Crippen molar-refractivity contribution in [1.29, 1.82) is 0 Å². The summed E-state index contributed by atoms with van der Waals surface area (Å²) in [4.78, 5) is 31.1. The lowest BCUT2D eigenvalue weighted by Gasteiger charge is -2.25. The molecule has 3 rings (SSSR count). The highest BCUT2D eigenvalue weighted by molar-refractivity contribution is 7.15. The van der Waals surface area contributed by atoms with Crippen LogP contribution in [0.4, 0.5) is 9.93 Å². The molecule has 9 heteroatoms. The van der Waals surface area contributed by atoms with Crippen molar-refractivity contribution in [2.45, 2.75) is 26.8 Å². The number of aryl methyl sites for hydroxylation is 1. The molecular weight excluding hydrogens is 318 g/mol. The molecule has 0 bridgehead atoms. The lowest BCUT2D eigenvalue weighted by Crippen LogP contribution is -2.42. The molecule has 0 fully saturated rings. The van der Waals surface area contributed by atoms with Gasteiger partial charge in [0.2, 0.25) is 0 Å². The third kappa shape index (κ3) is 3.34. The molecule has 2 aromatic heterocycles. The lowest BCUT2D eigenvalue weighted by molar-refractivity contribution is 0.101. The predicted octanol–water partition coefficient (Wildman–Crippen LogP) is 1.78. The lowest BCUT2D eigenvalue weighted by atomic mass is 10.2. The Morgan fingerprint density at radius 2 is 2.30 bits per heavy atom. The fourth-order valence-corrected chi connectivity index (χ4v) is 3.34. The van der Waals surface area contributed by atoms with Crippen LogP contribution < -0.4 is 10.6 Å². The number of nitrogens with zero attached hydrogens (tertiary/aromatic N) is 3. The summed E-state index contributed by atoms with van der Waals surface area (Å²) in [6.45, 7) is 5.35. The topological polar surface area (TPSA) is 100 Å². The number of anilines is 1. The van der Waals surface area contributed by atoms with Gasteiger partial charge in [0.1, 0.15) is 5.76 Å². The zero-order valence-electron chi connectivity index (χ0n) is 12.9. The summed E-state index contributed by atoms with van der Waals surface area (Å²) in [7, 11) is 0. The fourth-order valence-electron chi connectivity index (χ4n) is 2.32. The minimum Gasteiger partial charge on any atom is -0.361 e. The van der Waals surface area contributed by atoms with Crippen LogP contribution in [0.15, 0.2) is 10.6 Å². The molecule has 3 heterocycles. The van der Waals surface area contributed by atoms with Crippen LogP contribution in [0.3, 0.4) is 0 Å². The van der Waals surface area contributed by atoms with Crippen molar-refractivity contribution in [3.05, 3.63) is 28.1 Å². The normalized spacial score (nSPS) is 13.6. The highest BCUT2D eigenvalue weighted by Crippen LogP contribution is 2.28. The maximum Gasteiger partial charge on any atom is 0.317 e. The van der Waals surface area contributed by atoms with E-state index in [-0.39, 0.29) is 17.6 Å². The molecule has 0 radical (unpaired) electrons. The Hall–Kier alpha value is -2.42. The Balaban J connectivity index is 1.68. The Morgan fingerprint density at radius 1 is 1.48 bits per heavy atom. The molecule has 2 N–H and O–H groups in total. The summed E-state index contributed by atoms with van der Waals surface area (Å²) in [5.74, 6) is 0.222. The first-order chi connectivity index (χ1) is 11.1. The number of carbonyl (C=O) groups excluding carboxylic acids is 2. The minimum atomic E-state index is -0.353. The van der Waals surface area contributed by atoms with E-state index < -0.39 is 0 Å². The van der Waals surface area contributed by atoms with Gasteiger partial charge in [-0.1, -0.05) is 16.5 Å². The van der Waals surface area contributed by atoms with Gasteiger partial charge in [-0.25, -0.2) is 9.78 Å². The van der Waals surface area contributed by atoms with Gasteiger partial charge in [-0.2, -0.15) is 0 Å². The summed E-state index contributed by atoms with van der Waals surface area (Å²) < 4.78 is 4.89. The second-order valence-electron chi connectivity index (χ2n) is 5.17. The summed E-state index contributed by atoms with van der Waals surface area (Å²) >= 11 is 1.38. The van der Waals surface area contributed by atoms with Crippen molar-refractivity contribution in [3.63, 3.8) is 0 Å². The Labute approximate surface area is 136 Å². The maximum atomic E-state index is 12.1. The van der Waals surface area contributed by atoms with Crippen LogP contribution in [-0.2, 0) is 13.0 Å². The first-order valence-electron chi connectivity index (χ1n) is 7.33. The molecule has 1 aliphatic rings. The van der Waals surface area contributed by atoms with Gasteiger partial charge in [0.05, 0.1) is 12.2 Å². The molecule has 0 aromatic carbocycles. The Kier molecular flexibility index (Phi) is 4.28. The van der Waals surface area contributed by atoms with Gasteiger partial charge in [-0.05, 0) is 13.8 Å². The number of nitrogens with one attached hydrogen (secondary N) is 2. The molecule has 8 nitrogen and oxygen atoms in total. The van der Waals surface area contributed by atoms with Crippen LogP contribution in [0.25, 0.3) is 0 Å². The second-order valence-corrected chi connectivity index (χ2v) is 6.26. The van der Waals surface area contributed by atoms with Crippen LogP contribution >= 0.6 is 11.3 Å². The highest BCUT2D eigenvalue weighted by atomic mass is 32.1. The number of aromatic nitrogens is 2. The first-order valence-corrected chi connectivity index (χ1v) is 8.14. The van der Waals surface area contributed by atoms with Crippen molar-refractivity contribution in [1.82, 2.24) is 20.4 Å². The average Bonchev–Trinajstić information content (AvgIpc) is 3.12. The Bertz CT molecular complexity index is 739. The SMILES string of the molecule is CCNC(=O)N1CCc2nc(NC(=O)c3cc(C)on3)sc2C1. The van der Waals surface area contributed by atoms with E-state index in [0.29, 0.717) is 36.9 Å². The van der Waals surface area contributed by atoms with Gasteiger partial charge in [0.15, 0.2) is 10.8 Å². The number of hydrogen-bond donors (Lipinski definition) is 2. The number of urea groups is 1. The monoisotopic (exact) mass is 335 g/mol. The highest BCUT2D eigenvalue weighted by Gasteiger charge is 2.24. The van der Waals surface area contributed by atoms with Crippen molar-refractivity contribution in [3.8, 4) is 0 Å². The van der Waals surface area contributed by atoms with E-state index in [2.05, 4.69) is 20.8 Å². The van der Waals surface area contributed by atoms with Crippen LogP contribution in [0, 0.1) is 6.92 Å². The van der Waals surface area contributed by atoms with Crippen LogP contribution in [0.5, 0.6) is 0 Å². The van der Waals surface area contributed by atoms with Gasteiger partial charge < -0.3 is 14.7 Å². The zero-order chi connectivity index (χ0) is 16.4. The van der Waals surface area contributed by atoms with Crippen molar-refractivity contribution >= 4 is 28.4 Å². The molecule has 2 aromatic rings. The quantitative estimate of drug-likeness (QED) is 0.890. The summed E-state index contributed by atoms with van der Waals surface area (Å²) in [5.41, 5.74) is 1.15. The van der Waals surface area contributed by atoms with Crippen LogP contribution in [-0.4, -0.2) is 40.1 Å². The maximum absolute atomic E-state index is 12.1. The molecule has 0 atom stereocenters. The molecular formula is C14H17N5O3S. The number of carbonyl (C=O) groups is 2. The Morgan fingerprint density at radius 3 is 3.00 bits per heavy atom. The molecule has 0 saturated carbocycles. The number of fused-ring (bicyclic) bond motifs is 1. The number of thiazole rings is 1. The van der Waals surface area contributed by atoms with E-state index in [4.69, 9.17) is 4.52 Å². The van der Waals surface area contributed by atoms with Crippen molar-refractivity contribution in [2.75, 3.05) is 18.4 Å². The summed E-state index contributed by atoms with van der Waals surface area (Å²) in [6, 6.07) is 1.50. The fraction of sp³-hybridized carbons (Fsp3) is 0.429. The van der Waals surface area contributed by atoms with E-state index in [1.165, 1.54) is 11.3 Å². The second kappa shape index (κ2) is 6.37. The predicted molar refractivity (Wildman–Crippen MR) is 84.5 cm³/mol. The summed E-state index contributed by atoms with van der Waals surface area (Å²) in [6.07, 6.45) is 0.682. The third-order valence-electron chi connectivity index (χ3n) is 3.43. The van der Waals surface area contributed by atoms with E-state index in [1.54, 1.807) is 17.9 Å². The molecule has 0 spiro atoms. The van der Waals surface area contributed by atoms with E-state index in [9.17, 15) is 9.59 Å². The van der Waals surface area contributed by atoms with E-state index >= 15 is 0 Å². The smallest absolute Gasteiger partial charge is 0.317 e. The van der Waals surface area contributed by atoms with E-state index in [1.807, 2.05) is 6.92 Å². The largest absolute Gasteiger partial charge is 0.361 e. The molecule has 1 aliphatic heterocycles.